The summed E-state index contributed by atoms with van der Waals surface area (Å²) in [6, 6.07) is 0. The van der Waals surface area contributed by atoms with E-state index in [0.29, 0.717) is 0 Å². The summed E-state index contributed by atoms with van der Waals surface area (Å²) in [7, 11) is -3.91. The van der Waals surface area contributed by atoms with Gasteiger partial charge in [-0.3, -0.25) is 19.3 Å². The van der Waals surface area contributed by atoms with E-state index in [-0.39, 0.29) is 11.3 Å². The first-order valence-electron chi connectivity index (χ1n) is 7.07. The Morgan fingerprint density at radius 3 is 2.33 bits per heavy atom. The molecule has 1 fully saturated rings. The molecule has 2 aliphatic rings. The van der Waals surface area contributed by atoms with Crippen LogP contribution in [-0.4, -0.2) is 52.5 Å². The van der Waals surface area contributed by atoms with Gasteiger partial charge in [-0.1, -0.05) is 36.7 Å². The topological polar surface area (TPSA) is 97.8 Å². The van der Waals surface area contributed by atoms with Crippen molar-refractivity contribution in [2.24, 2.45) is 5.41 Å². The minimum Gasteiger partial charge on any atom is -0.461 e. The number of alkyl halides is 2. The largest absolute Gasteiger partial charge is 0.461 e. The first-order valence-corrected chi connectivity index (χ1v) is 10.0. The van der Waals surface area contributed by atoms with Crippen molar-refractivity contribution in [3.63, 3.8) is 0 Å². The van der Waals surface area contributed by atoms with Crippen LogP contribution in [0.3, 0.4) is 0 Å². The van der Waals surface area contributed by atoms with Crippen LogP contribution in [-0.2, 0) is 29.0 Å². The van der Waals surface area contributed by atoms with E-state index in [1.54, 1.807) is 20.8 Å². The third-order valence-corrected chi connectivity index (χ3v) is 8.46. The lowest BCUT2D eigenvalue weighted by Crippen LogP contribution is -2.69. The molecule has 2 rings (SSSR count). The average molecular weight is 443 g/mol. The molecule has 0 saturated carbocycles. The molecule has 0 aromatic rings. The van der Waals surface area contributed by atoms with E-state index >= 15 is 0 Å². The van der Waals surface area contributed by atoms with Crippen LogP contribution in [0.15, 0.2) is 11.3 Å². The smallest absolute Gasteiger partial charge is 0.302 e. The molecule has 2 aliphatic heterocycles. The summed E-state index contributed by atoms with van der Waals surface area (Å²) in [6.07, 6.45) is 0. The summed E-state index contributed by atoms with van der Waals surface area (Å²) < 4.78 is 28.8. The van der Waals surface area contributed by atoms with Crippen LogP contribution in [0.25, 0.3) is 0 Å². The van der Waals surface area contributed by atoms with E-state index in [4.69, 9.17) is 16.3 Å². The van der Waals surface area contributed by atoms with E-state index in [2.05, 4.69) is 15.9 Å². The number of amides is 1. The Morgan fingerprint density at radius 2 is 1.88 bits per heavy atom. The average Bonchev–Trinajstić information content (AvgIpc) is 2.45. The highest BCUT2D eigenvalue weighted by Crippen LogP contribution is 2.45. The van der Waals surface area contributed by atoms with Crippen LogP contribution in [0.5, 0.6) is 0 Å². The van der Waals surface area contributed by atoms with Crippen LogP contribution in [0.2, 0.25) is 0 Å². The number of esters is 1. The van der Waals surface area contributed by atoms with Gasteiger partial charge in [0.05, 0.1) is 5.70 Å². The Hall–Kier alpha value is -0.930. The molecular formula is C14H17BrClNO6S. The number of ether oxygens (including phenoxy) is 1. The van der Waals surface area contributed by atoms with Crippen molar-refractivity contribution in [2.45, 2.75) is 42.6 Å². The Labute approximate surface area is 153 Å². The molecule has 0 aliphatic carbocycles. The third kappa shape index (κ3) is 2.90. The number of hydrogen-bond acceptors (Lipinski definition) is 6. The van der Waals surface area contributed by atoms with Gasteiger partial charge >= 0.3 is 5.97 Å². The zero-order valence-corrected chi connectivity index (χ0v) is 16.7. The molecule has 0 bridgehead atoms. The van der Waals surface area contributed by atoms with Gasteiger partial charge in [0.1, 0.15) is 16.1 Å². The minimum absolute atomic E-state index is 0.0262. The molecule has 0 aromatic carbocycles. The Bertz CT molecular complexity index is 754. The fraction of sp³-hybridized carbons (Fsp3) is 0.643. The standard InChI is InChI=1S/C14H17BrClNO6S/c1-6(18)23-5-7-9(10(19)14(2,3)4)17-12(20)8(16)13(17)24(21,22)11(7)15/h8,11,13H,5H2,1-4H3/t8-,11?,13+/m0/s1. The zero-order chi connectivity index (χ0) is 18.6. The lowest BCUT2D eigenvalue weighted by Gasteiger charge is -2.49. The fourth-order valence-corrected chi connectivity index (χ4v) is 5.92. The summed E-state index contributed by atoms with van der Waals surface area (Å²) in [6.45, 7) is 5.70. The normalized spacial score (nSPS) is 29.0. The van der Waals surface area contributed by atoms with E-state index in [1.807, 2.05) is 0 Å². The minimum atomic E-state index is -3.91. The SMILES string of the molecule is CC(=O)OCC1=C(C(=O)C(C)(C)C)N2C(=O)[C@H](Cl)[C@H]2S(=O)(=O)C1Br. The molecule has 1 unspecified atom stereocenters. The number of fused-ring (bicyclic) bond motifs is 1. The molecule has 0 N–H and O–H groups in total. The predicted molar refractivity (Wildman–Crippen MR) is 90.0 cm³/mol. The van der Waals surface area contributed by atoms with Gasteiger partial charge < -0.3 is 4.74 Å². The van der Waals surface area contributed by atoms with Crippen molar-refractivity contribution >= 4 is 55.0 Å². The number of sulfone groups is 1. The van der Waals surface area contributed by atoms with Crippen molar-refractivity contribution < 1.29 is 27.5 Å². The maximum atomic E-state index is 12.8. The fourth-order valence-electron chi connectivity index (χ4n) is 2.49. The lowest BCUT2D eigenvalue weighted by atomic mass is 9.86. The van der Waals surface area contributed by atoms with E-state index < -0.39 is 54.4 Å². The molecule has 0 radical (unpaired) electrons. The number of hydrogen-bond donors (Lipinski definition) is 0. The van der Waals surface area contributed by atoms with Crippen LogP contribution >= 0.6 is 27.5 Å². The van der Waals surface area contributed by atoms with E-state index in [1.165, 1.54) is 6.92 Å². The van der Waals surface area contributed by atoms with Gasteiger partial charge in [-0.2, -0.15) is 0 Å². The first-order chi connectivity index (χ1) is 10.8. The van der Waals surface area contributed by atoms with Gasteiger partial charge in [0.15, 0.2) is 21.0 Å². The Kier molecular flexibility index (Phi) is 4.93. The molecule has 10 heteroatoms. The second-order valence-corrected chi connectivity index (χ2v) is 10.8. The van der Waals surface area contributed by atoms with Gasteiger partial charge in [0, 0.05) is 17.9 Å². The number of carbonyl (C=O) groups is 3. The number of rotatable bonds is 3. The zero-order valence-electron chi connectivity index (χ0n) is 13.5. The molecule has 2 heterocycles. The monoisotopic (exact) mass is 441 g/mol. The van der Waals surface area contributed by atoms with Gasteiger partial charge in [-0.05, 0) is 0 Å². The molecule has 7 nitrogen and oxygen atoms in total. The molecule has 1 amide bonds. The highest BCUT2D eigenvalue weighted by molar-refractivity contribution is 9.11. The molecule has 134 valence electrons. The quantitative estimate of drug-likeness (QED) is 0.372. The van der Waals surface area contributed by atoms with Crippen molar-refractivity contribution in [2.75, 3.05) is 6.61 Å². The number of nitrogens with zero attached hydrogens (tertiary/aromatic N) is 1. The third-order valence-electron chi connectivity index (χ3n) is 3.75. The van der Waals surface area contributed by atoms with Crippen LogP contribution in [0, 0.1) is 5.41 Å². The first kappa shape index (κ1) is 19.4. The number of halogens is 2. The molecule has 3 atom stereocenters. The van der Waals surface area contributed by atoms with Crippen molar-refractivity contribution in [3.05, 3.63) is 11.3 Å². The summed E-state index contributed by atoms with van der Waals surface area (Å²) >= 11 is 8.94. The highest BCUT2D eigenvalue weighted by Gasteiger charge is 2.62. The van der Waals surface area contributed by atoms with Gasteiger partial charge in [-0.15, -0.1) is 11.6 Å². The van der Waals surface area contributed by atoms with Gasteiger partial charge in [0.2, 0.25) is 5.91 Å². The van der Waals surface area contributed by atoms with Crippen molar-refractivity contribution in [1.82, 2.24) is 4.90 Å². The maximum absolute atomic E-state index is 12.8. The summed E-state index contributed by atoms with van der Waals surface area (Å²) in [5.74, 6) is -1.71. The van der Waals surface area contributed by atoms with Crippen LogP contribution < -0.4 is 0 Å². The van der Waals surface area contributed by atoms with Gasteiger partial charge in [-0.25, -0.2) is 8.42 Å². The number of ketones is 1. The summed E-state index contributed by atoms with van der Waals surface area (Å²) in [4.78, 5) is 37.0. The lowest BCUT2D eigenvalue weighted by molar-refractivity contribution is -0.142. The predicted octanol–water partition coefficient (Wildman–Crippen LogP) is 1.34. The molecule has 0 spiro atoms. The molecular weight excluding hydrogens is 426 g/mol. The number of β-lactam (4-membered cyclic amide) rings is 1. The Morgan fingerprint density at radius 1 is 1.33 bits per heavy atom. The second kappa shape index (κ2) is 6.10. The number of carbonyl (C=O) groups excluding carboxylic acids is 3. The Balaban J connectivity index is 2.66. The molecule has 1 saturated heterocycles. The molecule has 0 aromatic heterocycles. The van der Waals surface area contributed by atoms with Crippen LogP contribution in [0.1, 0.15) is 27.7 Å². The summed E-state index contributed by atoms with van der Waals surface area (Å²) in [5.41, 5.74) is -0.905. The summed E-state index contributed by atoms with van der Waals surface area (Å²) in [5, 5.41) is -2.55. The van der Waals surface area contributed by atoms with Crippen molar-refractivity contribution in [1.29, 1.82) is 0 Å². The molecule has 24 heavy (non-hydrogen) atoms. The highest BCUT2D eigenvalue weighted by atomic mass is 79.9. The van der Waals surface area contributed by atoms with Crippen LogP contribution in [0.4, 0.5) is 0 Å². The number of Topliss-reactive ketones (excluding diaryl/α,β-unsaturated/α-hetero) is 1. The van der Waals surface area contributed by atoms with E-state index in [0.717, 1.165) is 4.90 Å². The van der Waals surface area contributed by atoms with Crippen molar-refractivity contribution in [3.8, 4) is 0 Å². The van der Waals surface area contributed by atoms with Gasteiger partial charge in [0.25, 0.3) is 0 Å². The van der Waals surface area contributed by atoms with E-state index in [9.17, 15) is 22.8 Å². The maximum Gasteiger partial charge on any atom is 0.302 e. The second-order valence-electron chi connectivity index (χ2n) is 6.64. The number of allylic oxidation sites excluding steroid dienone is 1.